The molecule has 2 amide bonds. The largest absolute Gasteiger partial charge is 0.497 e. The Morgan fingerprint density at radius 3 is 2.26 bits per heavy atom. The number of methoxy groups -OCH3 is 2. The third-order valence-electron chi connectivity index (χ3n) is 4.85. The minimum absolute atomic E-state index is 0.0170. The van der Waals surface area contributed by atoms with E-state index in [9.17, 15) is 4.79 Å². The monoisotopic (exact) mass is 369 g/mol. The van der Waals surface area contributed by atoms with Crippen molar-refractivity contribution in [1.82, 2.24) is 10.2 Å². The van der Waals surface area contributed by atoms with Gasteiger partial charge < -0.3 is 24.6 Å². The summed E-state index contributed by atoms with van der Waals surface area (Å²) in [5.74, 6) is 0.852. The van der Waals surface area contributed by atoms with Gasteiger partial charge in [0.1, 0.15) is 5.75 Å². The first kappa shape index (κ1) is 19.0. The zero-order valence-corrected chi connectivity index (χ0v) is 16.0. The Hall–Kier alpha value is -2.73. The second kappa shape index (κ2) is 9.28. The fraction of sp³-hybridized carbons (Fsp3) is 0.381. The molecule has 2 aromatic carbocycles. The van der Waals surface area contributed by atoms with E-state index < -0.39 is 0 Å². The minimum atomic E-state index is -0.0170. The van der Waals surface area contributed by atoms with E-state index in [1.807, 2.05) is 41.3 Å². The minimum Gasteiger partial charge on any atom is -0.497 e. The lowest BCUT2D eigenvalue weighted by atomic mass is 10.1. The Labute approximate surface area is 160 Å². The van der Waals surface area contributed by atoms with Gasteiger partial charge in [0, 0.05) is 45.5 Å². The quantitative estimate of drug-likeness (QED) is 0.851. The number of carbonyl (C=O) groups is 1. The second-order valence-electron chi connectivity index (χ2n) is 6.53. The van der Waals surface area contributed by atoms with E-state index in [0.29, 0.717) is 26.2 Å². The van der Waals surface area contributed by atoms with Crippen molar-refractivity contribution in [2.45, 2.75) is 13.2 Å². The van der Waals surface area contributed by atoms with Crippen LogP contribution in [0.3, 0.4) is 0 Å². The van der Waals surface area contributed by atoms with E-state index in [1.54, 1.807) is 14.2 Å². The molecule has 1 heterocycles. The van der Waals surface area contributed by atoms with Gasteiger partial charge in [-0.2, -0.15) is 0 Å². The predicted molar refractivity (Wildman–Crippen MR) is 106 cm³/mol. The number of nitrogens with one attached hydrogen (secondary N) is 1. The first-order valence-electron chi connectivity index (χ1n) is 9.18. The smallest absolute Gasteiger partial charge is 0.317 e. The topological polar surface area (TPSA) is 54.0 Å². The van der Waals surface area contributed by atoms with Gasteiger partial charge in [-0.3, -0.25) is 0 Å². The summed E-state index contributed by atoms with van der Waals surface area (Å²) >= 11 is 0. The molecular formula is C21H27N3O3. The van der Waals surface area contributed by atoms with Gasteiger partial charge >= 0.3 is 6.03 Å². The van der Waals surface area contributed by atoms with Crippen LogP contribution in [0.25, 0.3) is 0 Å². The van der Waals surface area contributed by atoms with Crippen LogP contribution in [-0.4, -0.2) is 51.3 Å². The molecule has 0 saturated carbocycles. The fourth-order valence-corrected chi connectivity index (χ4v) is 3.27. The summed E-state index contributed by atoms with van der Waals surface area (Å²) in [7, 11) is 3.34. The maximum absolute atomic E-state index is 12.5. The third kappa shape index (κ3) is 4.92. The molecule has 3 rings (SSSR count). The van der Waals surface area contributed by atoms with Gasteiger partial charge in [-0.05, 0) is 35.4 Å². The molecule has 0 unspecified atom stereocenters. The van der Waals surface area contributed by atoms with E-state index in [2.05, 4.69) is 22.3 Å². The SMILES string of the molecule is COCc1ccccc1CNC(=O)N1CCN(c2ccc(OC)cc2)CC1. The fourth-order valence-electron chi connectivity index (χ4n) is 3.27. The molecule has 2 aromatic rings. The number of rotatable bonds is 6. The van der Waals surface area contributed by atoms with Crippen molar-refractivity contribution in [1.29, 1.82) is 0 Å². The van der Waals surface area contributed by atoms with Crippen LogP contribution in [0.2, 0.25) is 0 Å². The van der Waals surface area contributed by atoms with Gasteiger partial charge in [0.2, 0.25) is 0 Å². The summed E-state index contributed by atoms with van der Waals surface area (Å²) in [5, 5.41) is 3.03. The van der Waals surface area contributed by atoms with Crippen LogP contribution in [0.1, 0.15) is 11.1 Å². The highest BCUT2D eigenvalue weighted by Crippen LogP contribution is 2.20. The lowest BCUT2D eigenvalue weighted by Crippen LogP contribution is -2.51. The molecule has 1 aliphatic rings. The van der Waals surface area contributed by atoms with Crippen LogP contribution in [0.4, 0.5) is 10.5 Å². The average molecular weight is 369 g/mol. The van der Waals surface area contributed by atoms with Crippen molar-refractivity contribution in [3.05, 3.63) is 59.7 Å². The van der Waals surface area contributed by atoms with Crippen molar-refractivity contribution in [3.8, 4) is 5.75 Å². The summed E-state index contributed by atoms with van der Waals surface area (Å²) < 4.78 is 10.4. The molecular weight excluding hydrogens is 342 g/mol. The Balaban J connectivity index is 1.50. The number of nitrogens with zero attached hydrogens (tertiary/aromatic N) is 2. The number of hydrogen-bond donors (Lipinski definition) is 1. The highest BCUT2D eigenvalue weighted by Gasteiger charge is 2.21. The Morgan fingerprint density at radius 2 is 1.63 bits per heavy atom. The normalized spacial score (nSPS) is 14.1. The number of piperazine rings is 1. The Kier molecular flexibility index (Phi) is 6.54. The molecule has 27 heavy (non-hydrogen) atoms. The van der Waals surface area contributed by atoms with E-state index in [0.717, 1.165) is 35.7 Å². The highest BCUT2D eigenvalue weighted by molar-refractivity contribution is 5.74. The van der Waals surface area contributed by atoms with E-state index in [1.165, 1.54) is 0 Å². The zero-order chi connectivity index (χ0) is 19.1. The average Bonchev–Trinajstić information content (AvgIpc) is 2.73. The summed E-state index contributed by atoms with van der Waals surface area (Å²) in [6.45, 7) is 4.11. The molecule has 0 radical (unpaired) electrons. The first-order chi connectivity index (χ1) is 13.2. The van der Waals surface area contributed by atoms with Crippen LogP contribution in [0.5, 0.6) is 5.75 Å². The van der Waals surface area contributed by atoms with E-state index in [4.69, 9.17) is 9.47 Å². The summed E-state index contributed by atoms with van der Waals surface area (Å²) in [6, 6.07) is 16.0. The van der Waals surface area contributed by atoms with E-state index in [-0.39, 0.29) is 6.03 Å². The molecule has 0 aliphatic carbocycles. The highest BCUT2D eigenvalue weighted by atomic mass is 16.5. The van der Waals surface area contributed by atoms with Crippen LogP contribution in [-0.2, 0) is 17.9 Å². The number of hydrogen-bond acceptors (Lipinski definition) is 4. The Morgan fingerprint density at radius 1 is 0.963 bits per heavy atom. The van der Waals surface area contributed by atoms with Crippen molar-refractivity contribution in [3.63, 3.8) is 0 Å². The lowest BCUT2D eigenvalue weighted by Gasteiger charge is -2.36. The molecule has 0 aromatic heterocycles. The number of benzene rings is 2. The van der Waals surface area contributed by atoms with Crippen LogP contribution >= 0.6 is 0 Å². The number of carbonyl (C=O) groups excluding carboxylic acids is 1. The summed E-state index contributed by atoms with van der Waals surface area (Å²) in [4.78, 5) is 16.7. The lowest BCUT2D eigenvalue weighted by molar-refractivity contribution is 0.183. The zero-order valence-electron chi connectivity index (χ0n) is 16.0. The van der Waals surface area contributed by atoms with Gasteiger partial charge in [-0.15, -0.1) is 0 Å². The molecule has 6 nitrogen and oxygen atoms in total. The van der Waals surface area contributed by atoms with Crippen molar-refractivity contribution < 1.29 is 14.3 Å². The molecule has 1 N–H and O–H groups in total. The first-order valence-corrected chi connectivity index (χ1v) is 9.18. The molecule has 1 fully saturated rings. The van der Waals surface area contributed by atoms with Crippen molar-refractivity contribution in [2.24, 2.45) is 0 Å². The molecule has 0 atom stereocenters. The van der Waals surface area contributed by atoms with Crippen molar-refractivity contribution >= 4 is 11.7 Å². The standard InChI is InChI=1S/C21H27N3O3/c1-26-16-18-6-4-3-5-17(18)15-22-21(25)24-13-11-23(12-14-24)19-7-9-20(27-2)10-8-19/h3-10H,11-16H2,1-2H3,(H,22,25). The predicted octanol–water partition coefficient (Wildman–Crippen LogP) is 2.87. The number of urea groups is 1. The molecule has 144 valence electrons. The number of anilines is 1. The van der Waals surface area contributed by atoms with Crippen molar-refractivity contribution in [2.75, 3.05) is 45.3 Å². The molecule has 6 heteroatoms. The van der Waals surface area contributed by atoms with Crippen LogP contribution < -0.4 is 15.0 Å². The summed E-state index contributed by atoms with van der Waals surface area (Å²) in [5.41, 5.74) is 3.35. The third-order valence-corrected chi connectivity index (χ3v) is 4.85. The molecule has 0 spiro atoms. The molecule has 1 aliphatic heterocycles. The van der Waals surface area contributed by atoms with Gasteiger partial charge in [0.25, 0.3) is 0 Å². The summed E-state index contributed by atoms with van der Waals surface area (Å²) in [6.07, 6.45) is 0. The molecule has 1 saturated heterocycles. The van der Waals surface area contributed by atoms with Gasteiger partial charge in [0.15, 0.2) is 0 Å². The van der Waals surface area contributed by atoms with Gasteiger partial charge in [-0.1, -0.05) is 24.3 Å². The van der Waals surface area contributed by atoms with E-state index >= 15 is 0 Å². The maximum Gasteiger partial charge on any atom is 0.317 e. The number of amides is 2. The molecule has 0 bridgehead atoms. The van der Waals surface area contributed by atoms with Crippen LogP contribution in [0.15, 0.2) is 48.5 Å². The second-order valence-corrected chi connectivity index (χ2v) is 6.53. The Bertz CT molecular complexity index is 741. The van der Waals surface area contributed by atoms with Crippen LogP contribution in [0, 0.1) is 0 Å². The van der Waals surface area contributed by atoms with Gasteiger partial charge in [-0.25, -0.2) is 4.79 Å². The van der Waals surface area contributed by atoms with Gasteiger partial charge in [0.05, 0.1) is 13.7 Å². The maximum atomic E-state index is 12.5. The number of ether oxygens (including phenoxy) is 2.